The van der Waals surface area contributed by atoms with Crippen LogP contribution in [0.25, 0.3) is 0 Å². The molecular weight excluding hydrogens is 418 g/mol. The zero-order valence-corrected chi connectivity index (χ0v) is 21.9. The maximum Gasteiger partial charge on any atom is 0.410 e. The fourth-order valence-corrected chi connectivity index (χ4v) is 3.31. The molecule has 0 radical (unpaired) electrons. The number of hydrogen-bond acceptors (Lipinski definition) is 5. The van der Waals surface area contributed by atoms with Crippen LogP contribution in [0, 0.1) is 0 Å². The molecule has 2 amide bonds. The van der Waals surface area contributed by atoms with E-state index in [0.717, 1.165) is 31.5 Å². The van der Waals surface area contributed by atoms with Crippen LogP contribution in [-0.4, -0.2) is 65.7 Å². The van der Waals surface area contributed by atoms with Crippen LogP contribution in [0.1, 0.15) is 78.9 Å². The molecule has 0 bridgehead atoms. The smallest absolute Gasteiger partial charge is 0.410 e. The molecule has 0 aliphatic carbocycles. The maximum absolute atomic E-state index is 11.9. The fraction of sp³-hybridized carbons (Fsp3) is 0.692. The molecule has 0 aromatic heterocycles. The molecule has 1 aromatic rings. The van der Waals surface area contributed by atoms with E-state index in [0.29, 0.717) is 13.1 Å². The van der Waals surface area contributed by atoms with E-state index in [9.17, 15) is 14.7 Å². The third-order valence-electron chi connectivity index (χ3n) is 4.71. The first kappa shape index (κ1) is 30.7. The highest BCUT2D eigenvalue weighted by molar-refractivity contribution is 5.68. The first-order chi connectivity index (χ1) is 15.7. The minimum Gasteiger partial charge on any atom is -0.508 e. The van der Waals surface area contributed by atoms with Crippen molar-refractivity contribution in [3.05, 3.63) is 29.3 Å². The summed E-state index contributed by atoms with van der Waals surface area (Å²) in [6, 6.07) is 5.31. The van der Waals surface area contributed by atoms with Gasteiger partial charge in [-0.3, -0.25) is 4.79 Å². The zero-order valence-electron chi connectivity index (χ0n) is 21.9. The second-order valence-electron chi connectivity index (χ2n) is 8.93. The largest absolute Gasteiger partial charge is 0.508 e. The van der Waals surface area contributed by atoms with Gasteiger partial charge in [-0.15, -0.1) is 0 Å². The van der Waals surface area contributed by atoms with Gasteiger partial charge < -0.3 is 25.0 Å². The fourth-order valence-electron chi connectivity index (χ4n) is 3.31. The summed E-state index contributed by atoms with van der Waals surface area (Å²) in [6.45, 7) is 19.2. The molecule has 0 spiro atoms. The minimum atomic E-state index is -0.476. The summed E-state index contributed by atoms with van der Waals surface area (Å²) in [7, 11) is 0. The first-order valence-electron chi connectivity index (χ1n) is 12.4. The Morgan fingerprint density at radius 1 is 1.12 bits per heavy atom. The number of phenols is 1. The number of carbonyl (C=O) groups excluding carboxylic acids is 2. The quantitative estimate of drug-likeness (QED) is 0.485. The normalized spacial score (nSPS) is 14.8. The van der Waals surface area contributed by atoms with E-state index >= 15 is 0 Å². The average Bonchev–Trinajstić information content (AvgIpc) is 3.28. The van der Waals surface area contributed by atoms with Gasteiger partial charge in [-0.1, -0.05) is 40.2 Å². The van der Waals surface area contributed by atoms with Crippen molar-refractivity contribution in [3.63, 3.8) is 0 Å². The molecule has 1 aromatic carbocycles. The standard InChI is InChI=1S/C14H19NO3.C7H14N2O.C3H8.C2H6/c1-14(2,3)18-13(17)15-7-6-10-4-5-12(16)8-11(10)9-15;10-7-8-3-6-9-4-1-2-5-9;1-3-2;1-2/h4-5,8,16H,6-7,9H2,1-3H3;7H,1-6H2,(H,8,10);3H2,1-2H3;1-2H3. The van der Waals surface area contributed by atoms with Crippen molar-refractivity contribution in [2.24, 2.45) is 0 Å². The number of nitrogens with zero attached hydrogens (tertiary/aromatic N) is 2. The number of nitrogens with one attached hydrogen (secondary N) is 1. The number of fused-ring (bicyclic) bond motifs is 1. The van der Waals surface area contributed by atoms with E-state index in [1.165, 1.54) is 37.9 Å². The van der Waals surface area contributed by atoms with Crippen LogP contribution in [0.4, 0.5) is 4.79 Å². The van der Waals surface area contributed by atoms with E-state index in [-0.39, 0.29) is 11.8 Å². The van der Waals surface area contributed by atoms with E-state index in [1.54, 1.807) is 17.0 Å². The molecule has 190 valence electrons. The second kappa shape index (κ2) is 17.2. The Balaban J connectivity index is 0.000000576. The third-order valence-corrected chi connectivity index (χ3v) is 4.71. The summed E-state index contributed by atoms with van der Waals surface area (Å²) in [6.07, 6.45) is 5.16. The van der Waals surface area contributed by atoms with Crippen molar-refractivity contribution in [2.75, 3.05) is 32.7 Å². The molecule has 2 heterocycles. The van der Waals surface area contributed by atoms with Crippen molar-refractivity contribution in [1.29, 1.82) is 0 Å². The highest BCUT2D eigenvalue weighted by Gasteiger charge is 2.25. The Bertz CT molecular complexity index is 668. The molecule has 1 fully saturated rings. The monoisotopic (exact) mass is 465 g/mol. The summed E-state index contributed by atoms with van der Waals surface area (Å²) in [5.41, 5.74) is 1.70. The van der Waals surface area contributed by atoms with E-state index in [1.807, 2.05) is 40.7 Å². The number of benzene rings is 1. The molecule has 7 heteroatoms. The van der Waals surface area contributed by atoms with Gasteiger partial charge in [0.2, 0.25) is 6.41 Å². The van der Waals surface area contributed by atoms with Gasteiger partial charge in [-0.25, -0.2) is 4.79 Å². The molecule has 0 saturated carbocycles. The Hall–Kier alpha value is -2.28. The predicted octanol–water partition coefficient (Wildman–Crippen LogP) is 4.96. The van der Waals surface area contributed by atoms with Crippen LogP contribution in [-0.2, 0) is 22.5 Å². The van der Waals surface area contributed by atoms with Gasteiger partial charge in [0.1, 0.15) is 11.4 Å². The molecule has 2 N–H and O–H groups in total. The van der Waals surface area contributed by atoms with Gasteiger partial charge in [0.25, 0.3) is 0 Å². The highest BCUT2D eigenvalue weighted by Crippen LogP contribution is 2.24. The summed E-state index contributed by atoms with van der Waals surface area (Å²) >= 11 is 0. The van der Waals surface area contributed by atoms with Crippen LogP contribution >= 0.6 is 0 Å². The summed E-state index contributed by atoms with van der Waals surface area (Å²) in [5.74, 6) is 0.236. The van der Waals surface area contributed by atoms with Gasteiger partial charge in [0, 0.05) is 26.2 Å². The predicted molar refractivity (Wildman–Crippen MR) is 136 cm³/mol. The van der Waals surface area contributed by atoms with Crippen LogP contribution in [0.2, 0.25) is 0 Å². The van der Waals surface area contributed by atoms with Gasteiger partial charge in [0.05, 0.1) is 0 Å². The van der Waals surface area contributed by atoms with Crippen LogP contribution < -0.4 is 5.32 Å². The lowest BCUT2D eigenvalue weighted by atomic mass is 10.00. The van der Waals surface area contributed by atoms with Gasteiger partial charge in [-0.2, -0.15) is 0 Å². The topological polar surface area (TPSA) is 82.1 Å². The van der Waals surface area contributed by atoms with Gasteiger partial charge in [-0.05, 0) is 76.4 Å². The maximum atomic E-state index is 11.9. The summed E-state index contributed by atoms with van der Waals surface area (Å²) < 4.78 is 5.35. The molecule has 0 unspecified atom stereocenters. The molecule has 2 aliphatic rings. The van der Waals surface area contributed by atoms with Crippen LogP contribution in [0.15, 0.2) is 18.2 Å². The summed E-state index contributed by atoms with van der Waals surface area (Å²) in [4.78, 5) is 25.8. The van der Waals surface area contributed by atoms with Crippen molar-refractivity contribution in [3.8, 4) is 5.75 Å². The lowest BCUT2D eigenvalue weighted by molar-refractivity contribution is -0.109. The minimum absolute atomic E-state index is 0.236. The number of phenolic OH excluding ortho intramolecular Hbond substituents is 1. The molecule has 33 heavy (non-hydrogen) atoms. The average molecular weight is 466 g/mol. The van der Waals surface area contributed by atoms with E-state index in [4.69, 9.17) is 4.74 Å². The van der Waals surface area contributed by atoms with Crippen molar-refractivity contribution >= 4 is 12.5 Å². The highest BCUT2D eigenvalue weighted by atomic mass is 16.6. The Morgan fingerprint density at radius 3 is 2.27 bits per heavy atom. The number of amides is 2. The summed E-state index contributed by atoms with van der Waals surface area (Å²) in [5, 5.41) is 12.1. The van der Waals surface area contributed by atoms with Gasteiger partial charge >= 0.3 is 6.09 Å². The Morgan fingerprint density at radius 2 is 1.73 bits per heavy atom. The van der Waals surface area contributed by atoms with Crippen molar-refractivity contribution in [1.82, 2.24) is 15.1 Å². The molecule has 0 atom stereocenters. The Labute approximate surface area is 201 Å². The van der Waals surface area contributed by atoms with Crippen LogP contribution in [0.3, 0.4) is 0 Å². The zero-order chi connectivity index (χ0) is 25.3. The molecule has 3 rings (SSSR count). The van der Waals surface area contributed by atoms with Crippen molar-refractivity contribution in [2.45, 2.75) is 86.3 Å². The van der Waals surface area contributed by atoms with Crippen LogP contribution in [0.5, 0.6) is 5.75 Å². The third kappa shape index (κ3) is 13.8. The van der Waals surface area contributed by atoms with Crippen molar-refractivity contribution < 1.29 is 19.4 Å². The number of aromatic hydroxyl groups is 1. The molecular formula is C26H47N3O4. The number of carbonyl (C=O) groups is 2. The van der Waals surface area contributed by atoms with Gasteiger partial charge in [0.15, 0.2) is 0 Å². The molecule has 1 saturated heterocycles. The molecule has 2 aliphatic heterocycles. The lowest BCUT2D eigenvalue weighted by Gasteiger charge is -2.31. The van der Waals surface area contributed by atoms with E-state index in [2.05, 4.69) is 24.1 Å². The number of ether oxygens (including phenoxy) is 1. The number of hydrogen-bond donors (Lipinski definition) is 2. The Kier molecular flexibility index (Phi) is 16.0. The lowest BCUT2D eigenvalue weighted by Crippen LogP contribution is -2.39. The first-order valence-corrected chi connectivity index (χ1v) is 12.4. The molecule has 7 nitrogen and oxygen atoms in total. The SMILES string of the molecule is CC.CC(C)(C)OC(=O)N1CCc2ccc(O)cc2C1.CCC.O=CNCCN1CCCC1. The second-order valence-corrected chi connectivity index (χ2v) is 8.93. The van der Waals surface area contributed by atoms with E-state index < -0.39 is 5.60 Å². The number of rotatable bonds is 4. The number of likely N-dealkylation sites (tertiary alicyclic amines) is 1.